The number of nitrogens with one attached hydrogen (secondary N) is 2. The van der Waals surface area contributed by atoms with E-state index in [1.165, 1.54) is 0 Å². The van der Waals surface area contributed by atoms with E-state index < -0.39 is 0 Å². The van der Waals surface area contributed by atoms with Gasteiger partial charge in [-0.3, -0.25) is 4.79 Å². The molecule has 2 aromatic heterocycles. The number of anilines is 1. The lowest BCUT2D eigenvalue weighted by Gasteiger charge is -2.07. The van der Waals surface area contributed by atoms with Crippen LogP contribution < -0.4 is 10.6 Å². The van der Waals surface area contributed by atoms with Gasteiger partial charge in [0.15, 0.2) is 0 Å². The Morgan fingerprint density at radius 3 is 2.95 bits per heavy atom. The summed E-state index contributed by atoms with van der Waals surface area (Å²) in [5.41, 5.74) is 3.17. The van der Waals surface area contributed by atoms with Crippen molar-refractivity contribution in [2.24, 2.45) is 0 Å². The second-order valence-corrected chi connectivity index (χ2v) is 5.32. The van der Waals surface area contributed by atoms with Crippen LogP contribution in [-0.2, 0) is 6.54 Å². The van der Waals surface area contributed by atoms with Gasteiger partial charge in [-0.25, -0.2) is 9.97 Å². The average Bonchev–Trinajstić information content (AvgIpc) is 2.88. The fourth-order valence-corrected chi connectivity index (χ4v) is 2.38. The predicted molar refractivity (Wildman–Crippen MR) is 81.0 cm³/mol. The minimum Gasteiger partial charge on any atom is -0.370 e. The van der Waals surface area contributed by atoms with Gasteiger partial charge in [0.25, 0.3) is 5.91 Å². The molecule has 0 aromatic carbocycles. The van der Waals surface area contributed by atoms with Crippen LogP contribution in [0.4, 0.5) is 5.82 Å². The lowest BCUT2D eigenvalue weighted by molar-refractivity contribution is 0.0946. The minimum absolute atomic E-state index is 0.169. The number of amides is 1. The Balaban J connectivity index is 1.96. The Morgan fingerprint density at radius 2 is 2.25 bits per heavy atom. The van der Waals surface area contributed by atoms with Crippen LogP contribution in [0.5, 0.6) is 0 Å². The van der Waals surface area contributed by atoms with Crippen molar-refractivity contribution in [1.29, 1.82) is 0 Å². The van der Waals surface area contributed by atoms with E-state index in [2.05, 4.69) is 27.5 Å². The lowest BCUT2D eigenvalue weighted by atomic mass is 10.3. The fourth-order valence-electron chi connectivity index (χ4n) is 1.66. The topological polar surface area (TPSA) is 66.9 Å². The van der Waals surface area contributed by atoms with Gasteiger partial charge in [0, 0.05) is 11.4 Å². The van der Waals surface area contributed by atoms with Crippen molar-refractivity contribution in [2.45, 2.75) is 26.8 Å². The number of rotatable bonds is 6. The maximum absolute atomic E-state index is 12.1. The Bertz CT molecular complexity index is 582. The van der Waals surface area contributed by atoms with Crippen molar-refractivity contribution >= 4 is 23.1 Å². The number of aromatic nitrogens is 2. The van der Waals surface area contributed by atoms with Gasteiger partial charge in [-0.05, 0) is 25.5 Å². The van der Waals surface area contributed by atoms with Crippen molar-refractivity contribution in [3.05, 3.63) is 40.0 Å². The molecule has 0 aliphatic carbocycles. The van der Waals surface area contributed by atoms with Crippen molar-refractivity contribution in [3.63, 3.8) is 0 Å². The van der Waals surface area contributed by atoms with Crippen molar-refractivity contribution < 1.29 is 4.79 Å². The lowest BCUT2D eigenvalue weighted by Crippen LogP contribution is -2.24. The van der Waals surface area contributed by atoms with Gasteiger partial charge in [0.2, 0.25) is 0 Å². The Morgan fingerprint density at radius 1 is 1.40 bits per heavy atom. The third kappa shape index (κ3) is 3.77. The zero-order valence-electron chi connectivity index (χ0n) is 11.6. The van der Waals surface area contributed by atoms with Crippen molar-refractivity contribution in [1.82, 2.24) is 15.3 Å². The highest BCUT2D eigenvalue weighted by atomic mass is 32.1. The summed E-state index contributed by atoms with van der Waals surface area (Å²) >= 11 is 1.54. The highest BCUT2D eigenvalue weighted by molar-refractivity contribution is 7.09. The third-order valence-electron chi connectivity index (χ3n) is 2.79. The molecule has 2 heterocycles. The molecule has 1 amide bonds. The molecular weight excluding hydrogens is 272 g/mol. The average molecular weight is 290 g/mol. The van der Waals surface area contributed by atoms with E-state index in [0.717, 1.165) is 29.4 Å². The van der Waals surface area contributed by atoms with Gasteiger partial charge in [-0.1, -0.05) is 13.0 Å². The number of hydrogen-bond acceptors (Lipinski definition) is 5. The summed E-state index contributed by atoms with van der Waals surface area (Å²) in [7, 11) is 0. The van der Waals surface area contributed by atoms with E-state index in [9.17, 15) is 4.79 Å². The van der Waals surface area contributed by atoms with Crippen LogP contribution in [0.3, 0.4) is 0 Å². The van der Waals surface area contributed by atoms with E-state index in [1.807, 2.05) is 19.1 Å². The first-order chi connectivity index (χ1) is 9.70. The first-order valence-electron chi connectivity index (χ1n) is 6.58. The zero-order chi connectivity index (χ0) is 14.4. The molecule has 106 valence electrons. The summed E-state index contributed by atoms with van der Waals surface area (Å²) < 4.78 is 0. The maximum Gasteiger partial charge on any atom is 0.270 e. The Hall–Kier alpha value is -1.95. The Labute approximate surface area is 122 Å². The quantitative estimate of drug-likeness (QED) is 0.858. The second kappa shape index (κ2) is 7.00. The molecule has 0 saturated carbocycles. The molecule has 0 saturated heterocycles. The van der Waals surface area contributed by atoms with Crippen LogP contribution in [0.1, 0.15) is 34.4 Å². The number of pyridine rings is 1. The molecule has 0 spiro atoms. The first kappa shape index (κ1) is 14.5. The highest BCUT2D eigenvalue weighted by Crippen LogP contribution is 2.12. The summed E-state index contributed by atoms with van der Waals surface area (Å²) in [5.74, 6) is 0.561. The predicted octanol–water partition coefficient (Wildman–Crippen LogP) is 2.60. The van der Waals surface area contributed by atoms with Crippen LogP contribution >= 0.6 is 11.3 Å². The molecule has 0 bridgehead atoms. The number of carbonyl (C=O) groups excluding carboxylic acids is 1. The third-order valence-corrected chi connectivity index (χ3v) is 3.73. The number of aryl methyl sites for hydroxylation is 1. The van der Waals surface area contributed by atoms with Crippen LogP contribution in [-0.4, -0.2) is 22.4 Å². The standard InChI is InChI=1S/C14H18N4OS/c1-3-7-15-13-6-4-5-11(18-13)14(19)16-8-12-10(2)17-9-20-12/h4-6,9H,3,7-8H2,1-2H3,(H,15,18)(H,16,19). The molecular formula is C14H18N4OS. The van der Waals surface area contributed by atoms with E-state index in [-0.39, 0.29) is 5.91 Å². The van der Waals surface area contributed by atoms with E-state index in [1.54, 1.807) is 22.9 Å². The summed E-state index contributed by atoms with van der Waals surface area (Å²) in [6.07, 6.45) is 1.02. The number of nitrogens with zero attached hydrogens (tertiary/aromatic N) is 2. The largest absolute Gasteiger partial charge is 0.370 e. The van der Waals surface area contributed by atoms with Crippen LogP contribution in [0.15, 0.2) is 23.7 Å². The van der Waals surface area contributed by atoms with Gasteiger partial charge in [-0.15, -0.1) is 11.3 Å². The molecule has 0 aliphatic heterocycles. The second-order valence-electron chi connectivity index (χ2n) is 4.38. The normalized spacial score (nSPS) is 10.3. The number of hydrogen-bond donors (Lipinski definition) is 2. The van der Waals surface area contributed by atoms with Gasteiger partial charge in [-0.2, -0.15) is 0 Å². The first-order valence-corrected chi connectivity index (χ1v) is 7.46. The molecule has 5 nitrogen and oxygen atoms in total. The molecule has 0 atom stereocenters. The van der Waals surface area contributed by atoms with Gasteiger partial charge >= 0.3 is 0 Å². The van der Waals surface area contributed by atoms with Gasteiger partial charge < -0.3 is 10.6 Å². The van der Waals surface area contributed by atoms with E-state index >= 15 is 0 Å². The zero-order valence-corrected chi connectivity index (χ0v) is 12.5. The smallest absolute Gasteiger partial charge is 0.270 e. The Kier molecular flexibility index (Phi) is 5.06. The molecule has 2 aromatic rings. The van der Waals surface area contributed by atoms with Crippen LogP contribution in [0.25, 0.3) is 0 Å². The van der Waals surface area contributed by atoms with Crippen molar-refractivity contribution in [3.8, 4) is 0 Å². The van der Waals surface area contributed by atoms with Crippen molar-refractivity contribution in [2.75, 3.05) is 11.9 Å². The van der Waals surface area contributed by atoms with Gasteiger partial charge in [0.05, 0.1) is 17.7 Å². The molecule has 0 fully saturated rings. The molecule has 20 heavy (non-hydrogen) atoms. The molecule has 6 heteroatoms. The molecule has 0 aliphatic rings. The minimum atomic E-state index is -0.169. The summed E-state index contributed by atoms with van der Waals surface area (Å²) in [4.78, 5) is 21.6. The van der Waals surface area contributed by atoms with E-state index in [4.69, 9.17) is 0 Å². The number of carbonyl (C=O) groups is 1. The molecule has 2 N–H and O–H groups in total. The molecule has 0 unspecified atom stereocenters. The fraction of sp³-hybridized carbons (Fsp3) is 0.357. The van der Waals surface area contributed by atoms with Gasteiger partial charge in [0.1, 0.15) is 11.5 Å². The molecule has 0 radical (unpaired) electrons. The summed E-state index contributed by atoms with van der Waals surface area (Å²) in [5, 5.41) is 6.04. The molecule has 2 rings (SSSR count). The van der Waals surface area contributed by atoms with E-state index in [0.29, 0.717) is 12.2 Å². The highest BCUT2D eigenvalue weighted by Gasteiger charge is 2.09. The SMILES string of the molecule is CCCNc1cccc(C(=O)NCc2scnc2C)n1. The van der Waals surface area contributed by atoms with Crippen LogP contribution in [0.2, 0.25) is 0 Å². The van der Waals surface area contributed by atoms with Crippen LogP contribution in [0, 0.1) is 6.92 Å². The summed E-state index contributed by atoms with van der Waals surface area (Å²) in [6.45, 7) is 5.36. The summed E-state index contributed by atoms with van der Waals surface area (Å²) in [6, 6.07) is 5.41. The maximum atomic E-state index is 12.1. The monoisotopic (exact) mass is 290 g/mol. The number of thiazole rings is 1.